The lowest BCUT2D eigenvalue weighted by Gasteiger charge is -2.22. The Labute approximate surface area is 153 Å². The van der Waals surface area contributed by atoms with E-state index in [1.54, 1.807) is 36.5 Å². The maximum atomic E-state index is 12.5. The average molecular weight is 352 g/mol. The monoisotopic (exact) mass is 352 g/mol. The molecule has 1 fully saturated rings. The first-order chi connectivity index (χ1) is 12.7. The molecule has 1 aliphatic carbocycles. The zero-order valence-corrected chi connectivity index (χ0v) is 14.9. The van der Waals surface area contributed by atoms with Gasteiger partial charge in [0.15, 0.2) is 11.5 Å². The van der Waals surface area contributed by atoms with Crippen LogP contribution in [-0.4, -0.2) is 30.4 Å². The number of amides is 1. The highest BCUT2D eigenvalue weighted by Gasteiger charge is 2.16. The Bertz CT molecular complexity index is 796. The summed E-state index contributed by atoms with van der Waals surface area (Å²) in [5, 5.41) is 12.8. The molecule has 0 atom stereocenters. The summed E-state index contributed by atoms with van der Waals surface area (Å²) in [6, 6.07) is 12.6. The smallest absolute Gasteiger partial charge is 0.251 e. The van der Waals surface area contributed by atoms with Gasteiger partial charge in [-0.2, -0.15) is 0 Å². The van der Waals surface area contributed by atoms with Crippen molar-refractivity contribution in [2.75, 3.05) is 7.11 Å². The second-order valence-corrected chi connectivity index (χ2v) is 6.55. The molecular formula is C21H24N2O3. The standard InChI is InChI=1S/C21H24N2O3/c1-26-20-12-15(10-11-19(20)24)14-22-18-9-5-6-16(13-18)21(25)23-17-7-3-2-4-8-17/h5-6,9-14,17,24H,2-4,7-8H2,1H3,(H,23,25). The van der Waals surface area contributed by atoms with E-state index in [2.05, 4.69) is 10.3 Å². The van der Waals surface area contributed by atoms with Crippen molar-refractivity contribution in [3.05, 3.63) is 53.6 Å². The molecule has 0 radical (unpaired) electrons. The maximum Gasteiger partial charge on any atom is 0.251 e. The third-order valence-electron chi connectivity index (χ3n) is 4.62. The molecule has 2 aromatic carbocycles. The molecule has 136 valence electrons. The molecule has 2 aromatic rings. The maximum absolute atomic E-state index is 12.5. The van der Waals surface area contributed by atoms with E-state index in [1.165, 1.54) is 26.4 Å². The molecule has 26 heavy (non-hydrogen) atoms. The number of nitrogens with one attached hydrogen (secondary N) is 1. The summed E-state index contributed by atoms with van der Waals surface area (Å²) < 4.78 is 5.10. The molecule has 1 saturated carbocycles. The highest BCUT2D eigenvalue weighted by molar-refractivity contribution is 5.95. The molecule has 1 aliphatic rings. The van der Waals surface area contributed by atoms with Crippen molar-refractivity contribution in [2.24, 2.45) is 4.99 Å². The quantitative estimate of drug-likeness (QED) is 0.792. The van der Waals surface area contributed by atoms with Crippen molar-refractivity contribution >= 4 is 17.8 Å². The summed E-state index contributed by atoms with van der Waals surface area (Å²) in [7, 11) is 1.50. The number of hydrogen-bond acceptors (Lipinski definition) is 4. The van der Waals surface area contributed by atoms with E-state index in [1.807, 2.05) is 12.1 Å². The number of rotatable bonds is 5. The molecule has 0 aliphatic heterocycles. The molecule has 3 rings (SSSR count). The van der Waals surface area contributed by atoms with Crippen LogP contribution < -0.4 is 10.1 Å². The van der Waals surface area contributed by atoms with Gasteiger partial charge in [-0.15, -0.1) is 0 Å². The Kier molecular flexibility index (Phi) is 5.89. The highest BCUT2D eigenvalue weighted by atomic mass is 16.5. The average Bonchev–Trinajstić information content (AvgIpc) is 2.68. The number of phenolic OH excluding ortho intramolecular Hbond substituents is 1. The first-order valence-electron chi connectivity index (χ1n) is 8.98. The van der Waals surface area contributed by atoms with E-state index in [0.717, 1.165) is 18.4 Å². The number of aromatic hydroxyl groups is 1. The van der Waals surface area contributed by atoms with Gasteiger partial charge >= 0.3 is 0 Å². The van der Waals surface area contributed by atoms with Gasteiger partial charge in [-0.05, 0) is 54.8 Å². The van der Waals surface area contributed by atoms with Gasteiger partial charge in [-0.25, -0.2) is 0 Å². The third kappa shape index (κ3) is 4.63. The third-order valence-corrected chi connectivity index (χ3v) is 4.62. The van der Waals surface area contributed by atoms with Crippen molar-refractivity contribution in [3.63, 3.8) is 0 Å². The fourth-order valence-corrected chi connectivity index (χ4v) is 3.17. The Balaban J connectivity index is 1.69. The van der Waals surface area contributed by atoms with Crippen LogP contribution in [0.1, 0.15) is 48.0 Å². The minimum Gasteiger partial charge on any atom is -0.504 e. The van der Waals surface area contributed by atoms with Crippen molar-refractivity contribution in [1.82, 2.24) is 5.32 Å². The molecule has 2 N–H and O–H groups in total. The van der Waals surface area contributed by atoms with Crippen LogP contribution >= 0.6 is 0 Å². The van der Waals surface area contributed by atoms with Gasteiger partial charge in [0.05, 0.1) is 12.8 Å². The van der Waals surface area contributed by atoms with E-state index >= 15 is 0 Å². The number of carbonyl (C=O) groups excluding carboxylic acids is 1. The van der Waals surface area contributed by atoms with Crippen molar-refractivity contribution < 1.29 is 14.6 Å². The van der Waals surface area contributed by atoms with Gasteiger partial charge in [-0.1, -0.05) is 25.3 Å². The van der Waals surface area contributed by atoms with Crippen LogP contribution in [0, 0.1) is 0 Å². The minimum atomic E-state index is -0.0414. The van der Waals surface area contributed by atoms with Crippen LogP contribution in [0.25, 0.3) is 0 Å². The normalized spacial score (nSPS) is 15.1. The molecule has 1 amide bonds. The number of nitrogens with zero attached hydrogens (tertiary/aromatic N) is 1. The molecule has 5 nitrogen and oxygen atoms in total. The predicted molar refractivity (Wildman–Crippen MR) is 103 cm³/mol. The van der Waals surface area contributed by atoms with E-state index < -0.39 is 0 Å². The molecule has 0 aromatic heterocycles. The first kappa shape index (κ1) is 18.0. The number of benzene rings is 2. The second kappa shape index (κ2) is 8.52. The topological polar surface area (TPSA) is 70.9 Å². The largest absolute Gasteiger partial charge is 0.504 e. The summed E-state index contributed by atoms with van der Waals surface area (Å²) in [6.07, 6.45) is 7.44. The van der Waals surface area contributed by atoms with E-state index in [4.69, 9.17) is 4.74 Å². The number of hydrogen-bond donors (Lipinski definition) is 2. The van der Waals surface area contributed by atoms with Gasteiger partial charge in [0.2, 0.25) is 0 Å². The lowest BCUT2D eigenvalue weighted by atomic mass is 9.95. The van der Waals surface area contributed by atoms with Crippen molar-refractivity contribution in [1.29, 1.82) is 0 Å². The molecule has 0 saturated heterocycles. The van der Waals surface area contributed by atoms with Gasteiger partial charge < -0.3 is 15.2 Å². The summed E-state index contributed by atoms with van der Waals surface area (Å²) in [6.45, 7) is 0. The van der Waals surface area contributed by atoms with Gasteiger partial charge in [0, 0.05) is 17.8 Å². The van der Waals surface area contributed by atoms with Crippen LogP contribution in [0.3, 0.4) is 0 Å². The molecule has 0 spiro atoms. The van der Waals surface area contributed by atoms with Gasteiger partial charge in [0.25, 0.3) is 5.91 Å². The molecule has 0 unspecified atom stereocenters. The number of phenols is 1. The summed E-state index contributed by atoms with van der Waals surface area (Å²) in [5.41, 5.74) is 2.12. The highest BCUT2D eigenvalue weighted by Crippen LogP contribution is 2.26. The van der Waals surface area contributed by atoms with Gasteiger partial charge in [-0.3, -0.25) is 9.79 Å². The lowest BCUT2D eigenvalue weighted by Crippen LogP contribution is -2.36. The molecule has 0 bridgehead atoms. The van der Waals surface area contributed by atoms with Crippen molar-refractivity contribution in [3.8, 4) is 11.5 Å². The number of aliphatic imine (C=N–C) groups is 1. The summed E-state index contributed by atoms with van der Waals surface area (Å²) in [5.74, 6) is 0.445. The Morgan fingerprint density at radius 1 is 1.19 bits per heavy atom. The predicted octanol–water partition coefficient (Wildman–Crippen LogP) is 4.21. The van der Waals surface area contributed by atoms with Crippen LogP contribution in [0.2, 0.25) is 0 Å². The minimum absolute atomic E-state index is 0.0414. The van der Waals surface area contributed by atoms with Crippen LogP contribution in [0.4, 0.5) is 5.69 Å². The zero-order chi connectivity index (χ0) is 18.4. The Hall–Kier alpha value is -2.82. The number of carbonyl (C=O) groups is 1. The fourth-order valence-electron chi connectivity index (χ4n) is 3.17. The molecule has 5 heteroatoms. The van der Waals surface area contributed by atoms with E-state index in [9.17, 15) is 9.90 Å². The Morgan fingerprint density at radius 2 is 2.00 bits per heavy atom. The van der Waals surface area contributed by atoms with Gasteiger partial charge in [0.1, 0.15) is 0 Å². The molecule has 0 heterocycles. The fraction of sp³-hybridized carbons (Fsp3) is 0.333. The zero-order valence-electron chi connectivity index (χ0n) is 14.9. The van der Waals surface area contributed by atoms with Crippen molar-refractivity contribution in [2.45, 2.75) is 38.1 Å². The Morgan fingerprint density at radius 3 is 2.77 bits per heavy atom. The van der Waals surface area contributed by atoms with Crippen LogP contribution in [-0.2, 0) is 0 Å². The summed E-state index contributed by atoms with van der Waals surface area (Å²) in [4.78, 5) is 16.9. The lowest BCUT2D eigenvalue weighted by molar-refractivity contribution is 0.0927. The van der Waals surface area contributed by atoms with Crippen LogP contribution in [0.15, 0.2) is 47.5 Å². The van der Waals surface area contributed by atoms with Crippen LogP contribution in [0.5, 0.6) is 11.5 Å². The van der Waals surface area contributed by atoms with E-state index in [-0.39, 0.29) is 17.7 Å². The number of ether oxygens (including phenoxy) is 1. The number of methoxy groups -OCH3 is 1. The second-order valence-electron chi connectivity index (χ2n) is 6.55. The first-order valence-corrected chi connectivity index (χ1v) is 8.98. The molecular weight excluding hydrogens is 328 g/mol. The SMILES string of the molecule is COc1cc(C=Nc2cccc(C(=O)NC3CCCCC3)c2)ccc1O. The summed E-state index contributed by atoms with van der Waals surface area (Å²) >= 11 is 0. The van der Waals surface area contributed by atoms with E-state index in [0.29, 0.717) is 17.0 Å².